The van der Waals surface area contributed by atoms with E-state index >= 15 is 0 Å². The van der Waals surface area contributed by atoms with Crippen LogP contribution in [0, 0.1) is 0 Å². The van der Waals surface area contributed by atoms with Crippen LogP contribution in [0.3, 0.4) is 0 Å². The normalized spacial score (nSPS) is 19.3. The number of amides is 3. The number of hydrogen-bond donors (Lipinski definition) is 3. The number of carbonyl (C=O) groups excluding carboxylic acids is 2. The molecule has 0 aliphatic carbocycles. The zero-order chi connectivity index (χ0) is 21.8. The molecule has 3 amide bonds. The van der Waals surface area contributed by atoms with Gasteiger partial charge in [-0.05, 0) is 25.0 Å². The van der Waals surface area contributed by atoms with E-state index in [4.69, 9.17) is 9.47 Å². The molecule has 0 bridgehead atoms. The molecule has 2 fully saturated rings. The molecule has 0 aromatic heterocycles. The molecule has 12 heteroatoms. The SMILES string of the molecule is COc1ccccc1S(=O)(=O)NC1(C(=O)NO)CCN(C(=O)N2CCOCC2)CC1. The average molecular weight is 442 g/mol. The smallest absolute Gasteiger partial charge is 0.320 e. The number of urea groups is 1. The Balaban J connectivity index is 1.78. The van der Waals surface area contributed by atoms with Gasteiger partial charge in [-0.25, -0.2) is 18.7 Å². The lowest BCUT2D eigenvalue weighted by Crippen LogP contribution is -2.64. The van der Waals surface area contributed by atoms with E-state index < -0.39 is 21.5 Å². The van der Waals surface area contributed by atoms with E-state index in [1.807, 2.05) is 0 Å². The van der Waals surface area contributed by atoms with Crippen LogP contribution in [0.4, 0.5) is 4.79 Å². The molecule has 166 valence electrons. The molecular weight excluding hydrogens is 416 g/mol. The van der Waals surface area contributed by atoms with Gasteiger partial charge in [0.25, 0.3) is 5.91 Å². The molecular formula is C18H26N4O7S. The quantitative estimate of drug-likeness (QED) is 0.423. The predicted octanol–water partition coefficient (Wildman–Crippen LogP) is -0.234. The largest absolute Gasteiger partial charge is 0.495 e. The van der Waals surface area contributed by atoms with Crippen molar-refractivity contribution >= 4 is 22.0 Å². The number of carbonyl (C=O) groups is 2. The van der Waals surface area contributed by atoms with Gasteiger partial charge in [0.2, 0.25) is 10.0 Å². The summed E-state index contributed by atoms with van der Waals surface area (Å²) in [5.41, 5.74) is -0.0429. The maximum atomic E-state index is 13.0. The number of piperidine rings is 1. The van der Waals surface area contributed by atoms with Crippen molar-refractivity contribution in [1.82, 2.24) is 20.0 Å². The number of benzene rings is 1. The molecule has 2 aliphatic rings. The highest BCUT2D eigenvalue weighted by atomic mass is 32.2. The minimum atomic E-state index is -4.15. The number of morpholine rings is 1. The van der Waals surface area contributed by atoms with E-state index in [1.54, 1.807) is 27.4 Å². The first-order valence-corrected chi connectivity index (χ1v) is 11.0. The standard InChI is InChI=1S/C18H26N4O7S/c1-28-14-4-2-3-5-15(14)30(26,27)20-18(16(23)19-25)6-8-21(9-7-18)17(24)22-10-12-29-13-11-22/h2-5,20,25H,6-13H2,1H3,(H,19,23). The maximum Gasteiger partial charge on any atom is 0.320 e. The Morgan fingerprint density at radius 2 is 1.70 bits per heavy atom. The van der Waals surface area contributed by atoms with Crippen LogP contribution >= 0.6 is 0 Å². The van der Waals surface area contributed by atoms with Gasteiger partial charge in [-0.3, -0.25) is 10.0 Å². The van der Waals surface area contributed by atoms with E-state index in [0.717, 1.165) is 0 Å². The first kappa shape index (κ1) is 22.3. The molecule has 0 atom stereocenters. The molecule has 2 aliphatic heterocycles. The van der Waals surface area contributed by atoms with E-state index in [-0.39, 0.29) is 42.6 Å². The van der Waals surface area contributed by atoms with E-state index in [9.17, 15) is 23.2 Å². The number of methoxy groups -OCH3 is 1. The molecule has 3 rings (SSSR count). The van der Waals surface area contributed by atoms with Gasteiger partial charge in [0.05, 0.1) is 20.3 Å². The molecule has 0 spiro atoms. The summed E-state index contributed by atoms with van der Waals surface area (Å²) in [7, 11) is -2.80. The number of para-hydroxylation sites is 1. The highest BCUT2D eigenvalue weighted by molar-refractivity contribution is 7.89. The summed E-state index contributed by atoms with van der Waals surface area (Å²) in [5.74, 6) is -0.746. The van der Waals surface area contributed by atoms with E-state index in [1.165, 1.54) is 19.2 Å². The number of hydrogen-bond acceptors (Lipinski definition) is 7. The lowest BCUT2D eigenvalue weighted by molar-refractivity contribution is -0.137. The third kappa shape index (κ3) is 4.51. The summed E-state index contributed by atoms with van der Waals surface area (Å²) in [5, 5.41) is 9.24. The topological polar surface area (TPSA) is 138 Å². The third-order valence-corrected chi connectivity index (χ3v) is 6.97. The van der Waals surface area contributed by atoms with Gasteiger partial charge >= 0.3 is 6.03 Å². The molecule has 1 aromatic carbocycles. The maximum absolute atomic E-state index is 13.0. The average Bonchev–Trinajstić information content (AvgIpc) is 2.78. The highest BCUT2D eigenvalue weighted by Gasteiger charge is 2.46. The number of rotatable bonds is 5. The van der Waals surface area contributed by atoms with Crippen LogP contribution in [0.15, 0.2) is 29.2 Å². The van der Waals surface area contributed by atoms with E-state index in [0.29, 0.717) is 26.3 Å². The Morgan fingerprint density at radius 1 is 1.10 bits per heavy atom. The lowest BCUT2D eigenvalue weighted by atomic mass is 9.88. The van der Waals surface area contributed by atoms with Crippen LogP contribution in [0.1, 0.15) is 12.8 Å². The fourth-order valence-corrected chi connectivity index (χ4v) is 5.26. The summed E-state index contributed by atoms with van der Waals surface area (Å²) in [6, 6.07) is 5.85. The van der Waals surface area contributed by atoms with E-state index in [2.05, 4.69) is 4.72 Å². The Labute approximate surface area is 174 Å². The molecule has 0 radical (unpaired) electrons. The van der Waals surface area contributed by atoms with Crippen molar-refractivity contribution in [3.05, 3.63) is 24.3 Å². The zero-order valence-electron chi connectivity index (χ0n) is 16.7. The summed E-state index contributed by atoms with van der Waals surface area (Å²) in [6.45, 7) is 2.20. The molecule has 3 N–H and O–H groups in total. The Morgan fingerprint density at radius 3 is 2.30 bits per heavy atom. The van der Waals surface area contributed by atoms with Crippen molar-refractivity contribution in [3.63, 3.8) is 0 Å². The number of nitrogens with one attached hydrogen (secondary N) is 2. The second-order valence-electron chi connectivity index (χ2n) is 7.15. The van der Waals surface area contributed by atoms with Crippen LogP contribution in [0.5, 0.6) is 5.75 Å². The van der Waals surface area contributed by atoms with Crippen LogP contribution < -0.4 is 14.9 Å². The number of ether oxygens (including phenoxy) is 2. The third-order valence-electron chi connectivity index (χ3n) is 5.39. The fourth-order valence-electron chi connectivity index (χ4n) is 3.67. The Bertz CT molecular complexity index is 878. The zero-order valence-corrected chi connectivity index (χ0v) is 17.5. The fraction of sp³-hybridized carbons (Fsp3) is 0.556. The molecule has 0 saturated carbocycles. The van der Waals surface area contributed by atoms with Crippen LogP contribution in [-0.4, -0.2) is 87.4 Å². The van der Waals surface area contributed by atoms with Crippen molar-refractivity contribution < 1.29 is 32.7 Å². The van der Waals surface area contributed by atoms with Gasteiger partial charge in [-0.2, -0.15) is 4.72 Å². The minimum absolute atomic E-state index is 0.00382. The van der Waals surface area contributed by atoms with Gasteiger partial charge in [0.15, 0.2) is 0 Å². The summed E-state index contributed by atoms with van der Waals surface area (Å²) >= 11 is 0. The van der Waals surface area contributed by atoms with Gasteiger partial charge in [-0.1, -0.05) is 12.1 Å². The molecule has 2 saturated heterocycles. The summed E-state index contributed by atoms with van der Waals surface area (Å²) < 4.78 is 38.8. The number of hydroxylamine groups is 1. The van der Waals surface area contributed by atoms with Crippen LogP contribution in [-0.2, 0) is 19.6 Å². The van der Waals surface area contributed by atoms with Gasteiger partial charge in [0.1, 0.15) is 16.2 Å². The highest BCUT2D eigenvalue weighted by Crippen LogP contribution is 2.29. The van der Waals surface area contributed by atoms with Crippen molar-refractivity contribution in [3.8, 4) is 5.75 Å². The second kappa shape index (κ2) is 9.16. The van der Waals surface area contributed by atoms with Crippen LogP contribution in [0.2, 0.25) is 0 Å². The molecule has 11 nitrogen and oxygen atoms in total. The number of likely N-dealkylation sites (tertiary alicyclic amines) is 1. The minimum Gasteiger partial charge on any atom is -0.495 e. The van der Waals surface area contributed by atoms with Crippen molar-refractivity contribution in [2.75, 3.05) is 46.5 Å². The van der Waals surface area contributed by atoms with Crippen molar-refractivity contribution in [1.29, 1.82) is 0 Å². The molecule has 30 heavy (non-hydrogen) atoms. The Kier molecular flexibility index (Phi) is 6.81. The van der Waals surface area contributed by atoms with Gasteiger partial charge < -0.3 is 19.3 Å². The molecule has 2 heterocycles. The van der Waals surface area contributed by atoms with Gasteiger partial charge in [0, 0.05) is 26.2 Å². The van der Waals surface area contributed by atoms with Gasteiger partial charge in [-0.15, -0.1) is 0 Å². The summed E-state index contributed by atoms with van der Waals surface area (Å²) in [4.78, 5) is 28.3. The number of nitrogens with zero attached hydrogens (tertiary/aromatic N) is 2. The molecule has 1 aromatic rings. The monoisotopic (exact) mass is 442 g/mol. The van der Waals surface area contributed by atoms with Crippen LogP contribution in [0.25, 0.3) is 0 Å². The first-order valence-electron chi connectivity index (χ1n) is 9.56. The second-order valence-corrected chi connectivity index (χ2v) is 8.80. The van der Waals surface area contributed by atoms with Crippen molar-refractivity contribution in [2.45, 2.75) is 23.3 Å². The first-order chi connectivity index (χ1) is 14.3. The molecule has 0 unspecified atom stereocenters. The summed E-state index contributed by atoms with van der Waals surface area (Å²) in [6.07, 6.45) is 0.00764. The lowest BCUT2D eigenvalue weighted by Gasteiger charge is -2.42. The van der Waals surface area contributed by atoms with Crippen molar-refractivity contribution in [2.24, 2.45) is 0 Å². The Hall–Kier alpha value is -2.41. The predicted molar refractivity (Wildman–Crippen MR) is 105 cm³/mol. The number of sulfonamides is 1.